The minimum Gasteiger partial charge on any atom is -0.345 e. The Hall–Kier alpha value is -3.60. The molecule has 3 rings (SSSR count). The zero-order valence-electron chi connectivity index (χ0n) is 21.1. The van der Waals surface area contributed by atoms with Crippen molar-refractivity contribution in [3.05, 3.63) is 102 Å². The third kappa shape index (κ3) is 7.99. The van der Waals surface area contributed by atoms with E-state index in [4.69, 9.17) is 0 Å². The summed E-state index contributed by atoms with van der Waals surface area (Å²) in [7, 11) is 0. The van der Waals surface area contributed by atoms with E-state index < -0.39 is 0 Å². The lowest BCUT2D eigenvalue weighted by atomic mass is 10.2. The van der Waals surface area contributed by atoms with Crippen LogP contribution in [0.25, 0.3) is 6.08 Å². The summed E-state index contributed by atoms with van der Waals surface area (Å²) in [5, 5.41) is 0. The van der Waals surface area contributed by atoms with Crippen LogP contribution in [0.15, 0.2) is 85.1 Å². The zero-order valence-corrected chi connectivity index (χ0v) is 21.1. The molecule has 184 valence electrons. The molecular weight excluding hydrogens is 434 g/mol. The largest absolute Gasteiger partial charge is 0.345 e. The molecule has 0 fully saturated rings. The Morgan fingerprint density at radius 3 is 2.29 bits per heavy atom. The molecule has 1 heterocycles. The molecule has 0 saturated carbocycles. The smallest absolute Gasteiger partial charge is 0.247 e. The van der Waals surface area contributed by atoms with E-state index in [1.807, 2.05) is 79.4 Å². The van der Waals surface area contributed by atoms with E-state index >= 15 is 0 Å². The number of unbranched alkanes of at least 4 members (excludes halogenated alkanes) is 1. The molecule has 0 N–H and O–H groups in total. The molecule has 0 saturated heterocycles. The standard InChI is InChI=1S/C30H37N3O2/c1-4-5-20-32(29(34)19-18-26-13-8-6-9-14-26)24-30(35)33(25(2)3)23-28-17-12-21-31(28)22-27-15-10-7-11-16-27/h6-19,21,25H,4-5,20,22-24H2,1-3H3/b19-18+. The van der Waals surface area contributed by atoms with Crippen LogP contribution in [0.1, 0.15) is 50.4 Å². The predicted octanol–water partition coefficient (Wildman–Crippen LogP) is 5.62. The predicted molar refractivity (Wildman–Crippen MR) is 143 cm³/mol. The van der Waals surface area contributed by atoms with Crippen molar-refractivity contribution in [3.8, 4) is 0 Å². The Labute approximate surface area is 209 Å². The van der Waals surface area contributed by atoms with Gasteiger partial charge >= 0.3 is 0 Å². The summed E-state index contributed by atoms with van der Waals surface area (Å²) in [4.78, 5) is 30.0. The first-order valence-corrected chi connectivity index (χ1v) is 12.5. The summed E-state index contributed by atoms with van der Waals surface area (Å²) in [6.07, 6.45) is 7.25. The Balaban J connectivity index is 1.70. The second-order valence-electron chi connectivity index (χ2n) is 9.09. The van der Waals surface area contributed by atoms with Crippen LogP contribution >= 0.6 is 0 Å². The van der Waals surface area contributed by atoms with E-state index in [9.17, 15) is 9.59 Å². The Bertz CT molecular complexity index is 1090. The molecule has 0 aliphatic rings. The van der Waals surface area contributed by atoms with Crippen molar-refractivity contribution in [2.45, 2.75) is 52.7 Å². The molecule has 2 amide bonds. The lowest BCUT2D eigenvalue weighted by Gasteiger charge is -2.30. The first-order chi connectivity index (χ1) is 17.0. The summed E-state index contributed by atoms with van der Waals surface area (Å²) in [6, 6.07) is 24.1. The summed E-state index contributed by atoms with van der Waals surface area (Å²) < 4.78 is 2.18. The SMILES string of the molecule is CCCCN(CC(=O)N(Cc1cccn1Cc1ccccc1)C(C)C)C(=O)/C=C/c1ccccc1. The summed E-state index contributed by atoms with van der Waals surface area (Å²) in [5.74, 6) is -0.170. The number of carbonyl (C=O) groups is 2. The van der Waals surface area contributed by atoms with Gasteiger partial charge in [0.2, 0.25) is 11.8 Å². The number of benzene rings is 2. The van der Waals surface area contributed by atoms with Crippen molar-refractivity contribution < 1.29 is 9.59 Å². The fourth-order valence-corrected chi connectivity index (χ4v) is 3.97. The minimum absolute atomic E-state index is 0.0190. The second kappa shape index (κ2) is 13.3. The fraction of sp³-hybridized carbons (Fsp3) is 0.333. The highest BCUT2D eigenvalue weighted by atomic mass is 16.2. The first kappa shape index (κ1) is 26.0. The summed E-state index contributed by atoms with van der Waals surface area (Å²) in [6.45, 7) is 8.05. The highest BCUT2D eigenvalue weighted by Gasteiger charge is 2.23. The van der Waals surface area contributed by atoms with Crippen LogP contribution in [0.3, 0.4) is 0 Å². The lowest BCUT2D eigenvalue weighted by molar-refractivity contribution is -0.140. The Morgan fingerprint density at radius 1 is 0.943 bits per heavy atom. The fourth-order valence-electron chi connectivity index (χ4n) is 3.97. The maximum Gasteiger partial charge on any atom is 0.247 e. The molecule has 2 aromatic carbocycles. The monoisotopic (exact) mass is 471 g/mol. The molecule has 1 aromatic heterocycles. The van der Waals surface area contributed by atoms with E-state index in [0.29, 0.717) is 13.1 Å². The van der Waals surface area contributed by atoms with Gasteiger partial charge in [-0.3, -0.25) is 9.59 Å². The van der Waals surface area contributed by atoms with Gasteiger partial charge in [0, 0.05) is 37.1 Å². The minimum atomic E-state index is -0.133. The van der Waals surface area contributed by atoms with E-state index in [0.717, 1.165) is 30.6 Å². The van der Waals surface area contributed by atoms with Crippen molar-refractivity contribution in [3.63, 3.8) is 0 Å². The molecule has 0 aliphatic carbocycles. The average molecular weight is 472 g/mol. The number of nitrogens with zero attached hydrogens (tertiary/aromatic N) is 3. The quantitative estimate of drug-likeness (QED) is 0.322. The van der Waals surface area contributed by atoms with Crippen molar-refractivity contribution in [2.24, 2.45) is 0 Å². The van der Waals surface area contributed by atoms with Gasteiger partial charge in [-0.25, -0.2) is 0 Å². The van der Waals surface area contributed by atoms with Crippen LogP contribution in [0, 0.1) is 0 Å². The number of amides is 2. The normalized spacial score (nSPS) is 11.2. The molecule has 0 aliphatic heterocycles. The van der Waals surface area contributed by atoms with E-state index in [1.54, 1.807) is 11.0 Å². The number of carbonyl (C=O) groups excluding carboxylic acids is 2. The number of hydrogen-bond acceptors (Lipinski definition) is 2. The molecule has 0 spiro atoms. The van der Waals surface area contributed by atoms with E-state index in [2.05, 4.69) is 35.9 Å². The van der Waals surface area contributed by atoms with Crippen LogP contribution in [-0.4, -0.2) is 45.3 Å². The molecule has 3 aromatic rings. The molecule has 0 unspecified atom stereocenters. The van der Waals surface area contributed by atoms with Gasteiger partial charge in [0.25, 0.3) is 0 Å². The number of rotatable bonds is 12. The van der Waals surface area contributed by atoms with Crippen LogP contribution in [-0.2, 0) is 22.7 Å². The summed E-state index contributed by atoms with van der Waals surface area (Å²) in [5.41, 5.74) is 3.26. The van der Waals surface area contributed by atoms with Crippen LogP contribution < -0.4 is 0 Å². The highest BCUT2D eigenvalue weighted by Crippen LogP contribution is 2.14. The molecule has 5 nitrogen and oxygen atoms in total. The number of hydrogen-bond donors (Lipinski definition) is 0. The Morgan fingerprint density at radius 2 is 1.63 bits per heavy atom. The van der Waals surface area contributed by atoms with Crippen molar-refractivity contribution >= 4 is 17.9 Å². The molecule has 35 heavy (non-hydrogen) atoms. The maximum atomic E-state index is 13.4. The third-order valence-corrected chi connectivity index (χ3v) is 6.03. The van der Waals surface area contributed by atoms with Crippen LogP contribution in [0.4, 0.5) is 0 Å². The van der Waals surface area contributed by atoms with Gasteiger partial charge in [-0.05, 0) is 49.6 Å². The van der Waals surface area contributed by atoms with Gasteiger partial charge in [0.1, 0.15) is 6.54 Å². The van der Waals surface area contributed by atoms with Crippen LogP contribution in [0.2, 0.25) is 0 Å². The molecule has 0 bridgehead atoms. The van der Waals surface area contributed by atoms with Gasteiger partial charge in [-0.1, -0.05) is 74.0 Å². The molecule has 0 radical (unpaired) electrons. The average Bonchev–Trinajstić information content (AvgIpc) is 3.31. The first-order valence-electron chi connectivity index (χ1n) is 12.5. The summed E-state index contributed by atoms with van der Waals surface area (Å²) >= 11 is 0. The lowest BCUT2D eigenvalue weighted by Crippen LogP contribution is -2.45. The van der Waals surface area contributed by atoms with Crippen molar-refractivity contribution in [1.82, 2.24) is 14.4 Å². The van der Waals surface area contributed by atoms with Crippen molar-refractivity contribution in [1.29, 1.82) is 0 Å². The van der Waals surface area contributed by atoms with Crippen LogP contribution in [0.5, 0.6) is 0 Å². The highest BCUT2D eigenvalue weighted by molar-refractivity contribution is 5.94. The number of aromatic nitrogens is 1. The zero-order chi connectivity index (χ0) is 25.0. The Kier molecular flexibility index (Phi) is 9.91. The van der Waals surface area contributed by atoms with E-state index in [-0.39, 0.29) is 24.4 Å². The van der Waals surface area contributed by atoms with Gasteiger partial charge in [-0.2, -0.15) is 0 Å². The van der Waals surface area contributed by atoms with E-state index in [1.165, 1.54) is 5.56 Å². The topological polar surface area (TPSA) is 45.6 Å². The molecular formula is C30H37N3O2. The second-order valence-corrected chi connectivity index (χ2v) is 9.09. The van der Waals surface area contributed by atoms with Gasteiger partial charge in [-0.15, -0.1) is 0 Å². The molecule has 5 heteroatoms. The molecule has 0 atom stereocenters. The van der Waals surface area contributed by atoms with Crippen molar-refractivity contribution in [2.75, 3.05) is 13.1 Å². The van der Waals surface area contributed by atoms with Gasteiger partial charge < -0.3 is 14.4 Å². The third-order valence-electron chi connectivity index (χ3n) is 6.03. The van der Waals surface area contributed by atoms with Gasteiger partial charge in [0.15, 0.2) is 0 Å². The van der Waals surface area contributed by atoms with Gasteiger partial charge in [0.05, 0.1) is 6.54 Å². The maximum absolute atomic E-state index is 13.4.